The largest absolute Gasteiger partial charge is 0.389 e. The van der Waals surface area contributed by atoms with Gasteiger partial charge in [0.15, 0.2) is 0 Å². The first kappa shape index (κ1) is 13.9. The lowest BCUT2D eigenvalue weighted by atomic mass is 9.64. The summed E-state index contributed by atoms with van der Waals surface area (Å²) < 4.78 is 5.58. The van der Waals surface area contributed by atoms with E-state index in [0.29, 0.717) is 13.2 Å². The molecule has 0 aromatic rings. The van der Waals surface area contributed by atoms with Gasteiger partial charge in [-0.2, -0.15) is 0 Å². The molecule has 1 aliphatic rings. The van der Waals surface area contributed by atoms with Crippen LogP contribution in [0.15, 0.2) is 0 Å². The van der Waals surface area contributed by atoms with Crippen molar-refractivity contribution >= 4 is 0 Å². The van der Waals surface area contributed by atoms with E-state index < -0.39 is 5.60 Å². The van der Waals surface area contributed by atoms with Gasteiger partial charge in [-0.25, -0.2) is 0 Å². The Bertz CT molecular complexity index is 194. The second-order valence-electron chi connectivity index (χ2n) is 5.17. The van der Waals surface area contributed by atoms with E-state index in [-0.39, 0.29) is 5.41 Å². The van der Waals surface area contributed by atoms with Crippen molar-refractivity contribution in [3.8, 4) is 0 Å². The summed E-state index contributed by atoms with van der Waals surface area (Å²) in [6.07, 6.45) is 5.69. The van der Waals surface area contributed by atoms with Crippen LogP contribution in [-0.4, -0.2) is 30.5 Å². The van der Waals surface area contributed by atoms with E-state index in [4.69, 9.17) is 10.5 Å². The van der Waals surface area contributed by atoms with Gasteiger partial charge in [0.05, 0.1) is 12.2 Å². The third-order valence-electron chi connectivity index (χ3n) is 4.03. The monoisotopic (exact) mass is 229 g/mol. The fourth-order valence-corrected chi connectivity index (χ4v) is 3.05. The van der Waals surface area contributed by atoms with Gasteiger partial charge in [0.1, 0.15) is 0 Å². The van der Waals surface area contributed by atoms with Crippen molar-refractivity contribution in [1.29, 1.82) is 0 Å². The molecule has 3 N–H and O–H groups in total. The van der Waals surface area contributed by atoms with Crippen molar-refractivity contribution < 1.29 is 9.84 Å². The van der Waals surface area contributed by atoms with Gasteiger partial charge < -0.3 is 15.6 Å². The maximum Gasteiger partial charge on any atom is 0.0737 e. The first-order valence-corrected chi connectivity index (χ1v) is 6.64. The average Bonchev–Trinajstić information content (AvgIpc) is 2.30. The second kappa shape index (κ2) is 5.99. The number of rotatable bonds is 6. The fraction of sp³-hybridized carbons (Fsp3) is 1.00. The smallest absolute Gasteiger partial charge is 0.0737 e. The van der Waals surface area contributed by atoms with Gasteiger partial charge in [-0.05, 0) is 25.7 Å². The molecule has 1 fully saturated rings. The van der Waals surface area contributed by atoms with Crippen LogP contribution in [0.25, 0.3) is 0 Å². The van der Waals surface area contributed by atoms with Crippen molar-refractivity contribution in [1.82, 2.24) is 0 Å². The molecular weight excluding hydrogens is 202 g/mol. The number of nitrogens with two attached hydrogens (primary N) is 1. The van der Waals surface area contributed by atoms with Crippen molar-refractivity contribution in [2.75, 3.05) is 19.8 Å². The summed E-state index contributed by atoms with van der Waals surface area (Å²) in [6, 6.07) is 0. The maximum atomic E-state index is 10.9. The van der Waals surface area contributed by atoms with Crippen molar-refractivity contribution in [3.63, 3.8) is 0 Å². The molecule has 1 unspecified atom stereocenters. The molecule has 1 atom stereocenters. The molecule has 0 aliphatic carbocycles. The summed E-state index contributed by atoms with van der Waals surface area (Å²) in [5.41, 5.74) is 5.10. The Labute approximate surface area is 99.4 Å². The summed E-state index contributed by atoms with van der Waals surface area (Å²) in [5, 5.41) is 10.9. The highest BCUT2D eigenvalue weighted by Crippen LogP contribution is 2.43. The molecule has 0 amide bonds. The topological polar surface area (TPSA) is 55.5 Å². The van der Waals surface area contributed by atoms with E-state index in [1.807, 2.05) is 0 Å². The normalized spacial score (nSPS) is 27.0. The molecule has 0 aromatic carbocycles. The lowest BCUT2D eigenvalue weighted by molar-refractivity contribution is -0.151. The van der Waals surface area contributed by atoms with Crippen molar-refractivity contribution in [2.24, 2.45) is 11.1 Å². The zero-order valence-corrected chi connectivity index (χ0v) is 10.8. The third kappa shape index (κ3) is 2.58. The standard InChI is InChI=1S/C13H27NO2/c1-3-6-13(15,7-4-2)12(10-14)8-5-9-16-11-12/h15H,3-11,14H2,1-2H3. The van der Waals surface area contributed by atoms with Crippen molar-refractivity contribution in [3.05, 3.63) is 0 Å². The molecule has 1 aliphatic heterocycles. The minimum Gasteiger partial charge on any atom is -0.389 e. The van der Waals surface area contributed by atoms with Crippen LogP contribution in [0, 0.1) is 5.41 Å². The van der Waals surface area contributed by atoms with Gasteiger partial charge >= 0.3 is 0 Å². The fourth-order valence-electron chi connectivity index (χ4n) is 3.05. The summed E-state index contributed by atoms with van der Waals surface area (Å²) in [5.74, 6) is 0. The van der Waals surface area contributed by atoms with Crippen LogP contribution in [0.4, 0.5) is 0 Å². The molecule has 0 bridgehead atoms. The molecule has 96 valence electrons. The van der Waals surface area contributed by atoms with Crippen LogP contribution in [0.3, 0.4) is 0 Å². The third-order valence-corrected chi connectivity index (χ3v) is 4.03. The van der Waals surface area contributed by atoms with Gasteiger partial charge in [0.2, 0.25) is 0 Å². The minimum absolute atomic E-state index is 0.211. The molecular formula is C13H27NO2. The Morgan fingerprint density at radius 2 is 1.94 bits per heavy atom. The van der Waals surface area contributed by atoms with Crippen LogP contribution in [-0.2, 0) is 4.74 Å². The van der Waals surface area contributed by atoms with E-state index in [1.165, 1.54) is 0 Å². The Kier molecular flexibility index (Phi) is 5.22. The summed E-state index contributed by atoms with van der Waals surface area (Å²) in [6.45, 7) is 6.21. The Morgan fingerprint density at radius 3 is 2.31 bits per heavy atom. The molecule has 0 aromatic heterocycles. The first-order valence-electron chi connectivity index (χ1n) is 6.64. The van der Waals surface area contributed by atoms with Gasteiger partial charge in [0, 0.05) is 18.6 Å². The zero-order valence-electron chi connectivity index (χ0n) is 10.8. The predicted molar refractivity (Wildman–Crippen MR) is 66.3 cm³/mol. The van der Waals surface area contributed by atoms with E-state index >= 15 is 0 Å². The zero-order chi connectivity index (χ0) is 12.1. The lowest BCUT2D eigenvalue weighted by Crippen LogP contribution is -2.56. The van der Waals surface area contributed by atoms with Gasteiger partial charge in [0.25, 0.3) is 0 Å². The molecule has 0 spiro atoms. The Balaban J connectivity index is 2.86. The summed E-state index contributed by atoms with van der Waals surface area (Å²) in [4.78, 5) is 0. The number of hydrogen-bond acceptors (Lipinski definition) is 3. The molecule has 3 heteroatoms. The highest BCUT2D eigenvalue weighted by Gasteiger charge is 2.49. The highest BCUT2D eigenvalue weighted by atomic mass is 16.5. The van der Waals surface area contributed by atoms with Crippen LogP contribution >= 0.6 is 0 Å². The van der Waals surface area contributed by atoms with Crippen LogP contribution < -0.4 is 5.73 Å². The molecule has 3 nitrogen and oxygen atoms in total. The molecule has 0 saturated carbocycles. The second-order valence-corrected chi connectivity index (χ2v) is 5.17. The molecule has 16 heavy (non-hydrogen) atoms. The molecule has 1 saturated heterocycles. The molecule has 0 radical (unpaired) electrons. The van der Waals surface area contributed by atoms with Crippen LogP contribution in [0.2, 0.25) is 0 Å². The van der Waals surface area contributed by atoms with Gasteiger partial charge in [-0.3, -0.25) is 0 Å². The Hall–Kier alpha value is -0.120. The average molecular weight is 229 g/mol. The number of aliphatic hydroxyl groups is 1. The van der Waals surface area contributed by atoms with Gasteiger partial charge in [-0.1, -0.05) is 26.7 Å². The number of hydrogen-bond donors (Lipinski definition) is 2. The number of ether oxygens (including phenoxy) is 1. The van der Waals surface area contributed by atoms with E-state index in [1.54, 1.807) is 0 Å². The Morgan fingerprint density at radius 1 is 1.31 bits per heavy atom. The molecule has 1 rings (SSSR count). The van der Waals surface area contributed by atoms with Crippen LogP contribution in [0.1, 0.15) is 52.4 Å². The first-order chi connectivity index (χ1) is 7.64. The maximum absolute atomic E-state index is 10.9. The highest BCUT2D eigenvalue weighted by molar-refractivity contribution is 5.00. The van der Waals surface area contributed by atoms with Crippen molar-refractivity contribution in [2.45, 2.75) is 58.0 Å². The van der Waals surface area contributed by atoms with E-state index in [0.717, 1.165) is 45.1 Å². The molecule has 1 heterocycles. The predicted octanol–water partition coefficient (Wildman–Crippen LogP) is 2.07. The van der Waals surface area contributed by atoms with E-state index in [2.05, 4.69) is 13.8 Å². The summed E-state index contributed by atoms with van der Waals surface area (Å²) in [7, 11) is 0. The van der Waals surface area contributed by atoms with Crippen LogP contribution in [0.5, 0.6) is 0 Å². The minimum atomic E-state index is -0.633. The SMILES string of the molecule is CCCC(O)(CCC)C1(CN)CCCOC1. The van der Waals surface area contributed by atoms with E-state index in [9.17, 15) is 5.11 Å². The summed E-state index contributed by atoms with van der Waals surface area (Å²) >= 11 is 0. The van der Waals surface area contributed by atoms with Gasteiger partial charge in [-0.15, -0.1) is 0 Å². The quantitative estimate of drug-likeness (QED) is 0.733. The lowest BCUT2D eigenvalue weighted by Gasteiger charge is -2.49.